The number of likely N-dealkylation sites (tertiary alicyclic amines) is 1. The van der Waals surface area contributed by atoms with Crippen LogP contribution in [0, 0.1) is 5.92 Å². The fourth-order valence-electron chi connectivity index (χ4n) is 2.41. The maximum atomic E-state index is 3.45. The normalized spacial score (nSPS) is 21.4. The third-order valence-corrected chi connectivity index (χ3v) is 3.30. The summed E-state index contributed by atoms with van der Waals surface area (Å²) in [6.07, 6.45) is 1.35. The lowest BCUT2D eigenvalue weighted by atomic mass is 10.1. The predicted octanol–water partition coefficient (Wildman–Crippen LogP) is 2.12. The summed E-state index contributed by atoms with van der Waals surface area (Å²) in [7, 11) is 0. The van der Waals surface area contributed by atoms with Crippen molar-refractivity contribution in [1.29, 1.82) is 0 Å². The van der Waals surface area contributed by atoms with Gasteiger partial charge in [-0.25, -0.2) is 0 Å². The van der Waals surface area contributed by atoms with E-state index in [0.717, 1.165) is 19.0 Å². The van der Waals surface area contributed by atoms with Crippen LogP contribution in [0.25, 0.3) is 0 Å². The molecule has 0 radical (unpaired) electrons. The lowest BCUT2D eigenvalue weighted by molar-refractivity contribution is 0.314. The molecule has 2 nitrogen and oxygen atoms in total. The summed E-state index contributed by atoms with van der Waals surface area (Å²) in [4.78, 5) is 2.57. The monoisotopic (exact) mass is 218 g/mol. The Balaban J connectivity index is 1.76. The molecule has 0 amide bonds. The second kappa shape index (κ2) is 6.02. The second-order valence-electron chi connectivity index (χ2n) is 4.68. The van der Waals surface area contributed by atoms with Gasteiger partial charge in [0.1, 0.15) is 0 Å². The standard InChI is InChI=1S/C14H22N2/c1-2-15-10-14-8-9-16(12-14)11-13-6-4-3-5-7-13/h3-7,14-15H,2,8-12H2,1H3/t14-/m0/s1. The maximum Gasteiger partial charge on any atom is 0.0233 e. The first kappa shape index (κ1) is 11.6. The minimum Gasteiger partial charge on any atom is -0.317 e. The molecule has 1 fully saturated rings. The van der Waals surface area contributed by atoms with Gasteiger partial charge in [0.25, 0.3) is 0 Å². The van der Waals surface area contributed by atoms with Crippen LogP contribution in [0.1, 0.15) is 18.9 Å². The highest BCUT2D eigenvalue weighted by Crippen LogP contribution is 2.17. The minimum absolute atomic E-state index is 0.851. The van der Waals surface area contributed by atoms with Gasteiger partial charge in [0.2, 0.25) is 0 Å². The zero-order chi connectivity index (χ0) is 11.2. The molecule has 2 rings (SSSR count). The van der Waals surface area contributed by atoms with Gasteiger partial charge < -0.3 is 5.32 Å². The van der Waals surface area contributed by atoms with E-state index < -0.39 is 0 Å². The molecule has 2 heteroatoms. The lowest BCUT2D eigenvalue weighted by Gasteiger charge is -2.16. The molecule has 0 bridgehead atoms. The van der Waals surface area contributed by atoms with Gasteiger partial charge in [0.05, 0.1) is 0 Å². The fraction of sp³-hybridized carbons (Fsp3) is 0.571. The van der Waals surface area contributed by atoms with Gasteiger partial charge >= 0.3 is 0 Å². The third kappa shape index (κ3) is 3.32. The first-order valence-corrected chi connectivity index (χ1v) is 6.35. The van der Waals surface area contributed by atoms with E-state index in [1.165, 1.54) is 31.6 Å². The Kier molecular flexibility index (Phi) is 4.37. The molecule has 0 unspecified atom stereocenters. The van der Waals surface area contributed by atoms with Crippen molar-refractivity contribution in [2.45, 2.75) is 19.9 Å². The molecule has 16 heavy (non-hydrogen) atoms. The van der Waals surface area contributed by atoms with Crippen molar-refractivity contribution < 1.29 is 0 Å². The minimum atomic E-state index is 0.851. The van der Waals surface area contributed by atoms with Gasteiger partial charge in [-0.05, 0) is 37.5 Å². The summed E-state index contributed by atoms with van der Waals surface area (Å²) in [6.45, 7) is 8.07. The molecular weight excluding hydrogens is 196 g/mol. The molecule has 1 N–H and O–H groups in total. The number of rotatable bonds is 5. The van der Waals surface area contributed by atoms with Crippen LogP contribution in [0.2, 0.25) is 0 Å². The summed E-state index contributed by atoms with van der Waals surface area (Å²) in [5, 5.41) is 3.45. The Morgan fingerprint density at radius 2 is 2.12 bits per heavy atom. The van der Waals surface area contributed by atoms with E-state index in [4.69, 9.17) is 0 Å². The zero-order valence-electron chi connectivity index (χ0n) is 10.2. The summed E-state index contributed by atoms with van der Waals surface area (Å²) in [6, 6.07) is 10.8. The van der Waals surface area contributed by atoms with Crippen molar-refractivity contribution in [1.82, 2.24) is 10.2 Å². The molecular formula is C14H22N2. The van der Waals surface area contributed by atoms with E-state index in [1.54, 1.807) is 0 Å². The summed E-state index contributed by atoms with van der Waals surface area (Å²) >= 11 is 0. The van der Waals surface area contributed by atoms with Gasteiger partial charge in [0.15, 0.2) is 0 Å². The molecule has 0 aliphatic carbocycles. The molecule has 1 aromatic rings. The van der Waals surface area contributed by atoms with E-state index in [0.29, 0.717) is 0 Å². The number of nitrogens with one attached hydrogen (secondary N) is 1. The lowest BCUT2D eigenvalue weighted by Crippen LogP contribution is -2.26. The number of hydrogen-bond acceptors (Lipinski definition) is 2. The van der Waals surface area contributed by atoms with Crippen molar-refractivity contribution in [3.63, 3.8) is 0 Å². The molecule has 1 aromatic carbocycles. The van der Waals surface area contributed by atoms with E-state index in [-0.39, 0.29) is 0 Å². The highest BCUT2D eigenvalue weighted by molar-refractivity contribution is 5.14. The van der Waals surface area contributed by atoms with Gasteiger partial charge in [-0.3, -0.25) is 4.90 Å². The van der Waals surface area contributed by atoms with Gasteiger partial charge in [-0.1, -0.05) is 37.3 Å². The van der Waals surface area contributed by atoms with E-state index in [1.807, 2.05) is 0 Å². The quantitative estimate of drug-likeness (QED) is 0.814. The van der Waals surface area contributed by atoms with Crippen LogP contribution in [0.4, 0.5) is 0 Å². The number of hydrogen-bond donors (Lipinski definition) is 1. The van der Waals surface area contributed by atoms with Crippen molar-refractivity contribution in [3.8, 4) is 0 Å². The van der Waals surface area contributed by atoms with Crippen molar-refractivity contribution >= 4 is 0 Å². The van der Waals surface area contributed by atoms with Crippen LogP contribution in [-0.4, -0.2) is 31.1 Å². The predicted molar refractivity (Wildman–Crippen MR) is 68.4 cm³/mol. The van der Waals surface area contributed by atoms with Crippen LogP contribution >= 0.6 is 0 Å². The highest BCUT2D eigenvalue weighted by Gasteiger charge is 2.21. The Hall–Kier alpha value is -0.860. The largest absolute Gasteiger partial charge is 0.317 e. The zero-order valence-corrected chi connectivity index (χ0v) is 10.2. The molecule has 1 heterocycles. The summed E-state index contributed by atoms with van der Waals surface area (Å²) in [5.41, 5.74) is 1.44. The Morgan fingerprint density at radius 3 is 2.88 bits per heavy atom. The first-order valence-electron chi connectivity index (χ1n) is 6.35. The van der Waals surface area contributed by atoms with Crippen LogP contribution in [0.15, 0.2) is 30.3 Å². The summed E-state index contributed by atoms with van der Waals surface area (Å²) in [5.74, 6) is 0.851. The smallest absolute Gasteiger partial charge is 0.0233 e. The molecule has 0 spiro atoms. The number of nitrogens with zero attached hydrogens (tertiary/aromatic N) is 1. The van der Waals surface area contributed by atoms with E-state index >= 15 is 0 Å². The van der Waals surface area contributed by atoms with Crippen LogP contribution in [0.3, 0.4) is 0 Å². The Morgan fingerprint density at radius 1 is 1.31 bits per heavy atom. The SMILES string of the molecule is CCNC[C@@H]1CCN(Cc2ccccc2)C1. The second-order valence-corrected chi connectivity index (χ2v) is 4.68. The Bertz CT molecular complexity index is 297. The fourth-order valence-corrected chi connectivity index (χ4v) is 2.41. The molecule has 88 valence electrons. The highest BCUT2D eigenvalue weighted by atomic mass is 15.1. The molecule has 1 saturated heterocycles. The van der Waals surface area contributed by atoms with Crippen LogP contribution in [-0.2, 0) is 6.54 Å². The first-order chi connectivity index (χ1) is 7.88. The molecule has 0 aromatic heterocycles. The van der Waals surface area contributed by atoms with Crippen LogP contribution in [0.5, 0.6) is 0 Å². The van der Waals surface area contributed by atoms with E-state index in [9.17, 15) is 0 Å². The van der Waals surface area contributed by atoms with E-state index in [2.05, 4.69) is 47.5 Å². The third-order valence-electron chi connectivity index (χ3n) is 3.30. The van der Waals surface area contributed by atoms with Gasteiger partial charge in [0, 0.05) is 13.1 Å². The van der Waals surface area contributed by atoms with Crippen molar-refractivity contribution in [2.24, 2.45) is 5.92 Å². The summed E-state index contributed by atoms with van der Waals surface area (Å²) < 4.78 is 0. The van der Waals surface area contributed by atoms with Gasteiger partial charge in [-0.15, -0.1) is 0 Å². The van der Waals surface area contributed by atoms with Gasteiger partial charge in [-0.2, -0.15) is 0 Å². The van der Waals surface area contributed by atoms with Crippen molar-refractivity contribution in [3.05, 3.63) is 35.9 Å². The molecule has 1 atom stereocenters. The number of benzene rings is 1. The topological polar surface area (TPSA) is 15.3 Å². The van der Waals surface area contributed by atoms with Crippen LogP contribution < -0.4 is 5.32 Å². The molecule has 1 aliphatic heterocycles. The average Bonchev–Trinajstić information content (AvgIpc) is 2.75. The molecule has 0 saturated carbocycles. The Labute approximate surface area is 98.7 Å². The molecule has 1 aliphatic rings. The average molecular weight is 218 g/mol. The maximum absolute atomic E-state index is 3.45. The van der Waals surface area contributed by atoms with Crippen molar-refractivity contribution in [2.75, 3.05) is 26.2 Å².